The molecule has 3 rings (SSSR count). The Morgan fingerprint density at radius 3 is 2.40 bits per heavy atom. The normalized spacial score (nSPS) is 16.8. The number of rotatable bonds is 3. The summed E-state index contributed by atoms with van der Waals surface area (Å²) >= 11 is 3.37. The van der Waals surface area contributed by atoms with Crippen LogP contribution in [0.1, 0.15) is 16.7 Å². The van der Waals surface area contributed by atoms with E-state index < -0.39 is 0 Å². The summed E-state index contributed by atoms with van der Waals surface area (Å²) in [4.78, 5) is 0. The Morgan fingerprint density at radius 1 is 1.15 bits per heavy atom. The molecule has 0 aromatic heterocycles. The van der Waals surface area contributed by atoms with Gasteiger partial charge >= 0.3 is 0 Å². The maximum Gasteiger partial charge on any atom is 0.124 e. The highest BCUT2D eigenvalue weighted by atomic mass is 79.9. The second kappa shape index (κ2) is 5.30. The molecule has 3 heteroatoms. The number of nitrogens with one attached hydrogen (secondary N) is 1. The third-order valence-electron chi connectivity index (χ3n) is 4.06. The fourth-order valence-electron chi connectivity index (χ4n) is 2.87. The van der Waals surface area contributed by atoms with Gasteiger partial charge in [0.15, 0.2) is 0 Å². The van der Waals surface area contributed by atoms with E-state index in [1.54, 1.807) is 6.07 Å². The molecular weight excluding hydrogens is 317 g/mol. The van der Waals surface area contributed by atoms with E-state index in [0.717, 1.165) is 29.5 Å². The van der Waals surface area contributed by atoms with Crippen LogP contribution in [0.5, 0.6) is 0 Å². The minimum Gasteiger partial charge on any atom is -0.315 e. The van der Waals surface area contributed by atoms with Crippen molar-refractivity contribution in [2.45, 2.75) is 18.8 Å². The zero-order valence-electron chi connectivity index (χ0n) is 11.4. The van der Waals surface area contributed by atoms with Crippen LogP contribution in [0.4, 0.5) is 4.39 Å². The van der Waals surface area contributed by atoms with Crippen molar-refractivity contribution < 1.29 is 4.39 Å². The number of benzene rings is 2. The summed E-state index contributed by atoms with van der Waals surface area (Å²) < 4.78 is 14.3. The molecule has 0 bridgehead atoms. The highest BCUT2D eigenvalue weighted by molar-refractivity contribution is 9.10. The van der Waals surface area contributed by atoms with Gasteiger partial charge in [-0.05, 0) is 42.7 Å². The monoisotopic (exact) mass is 333 g/mol. The first-order valence-electron chi connectivity index (χ1n) is 6.80. The predicted octanol–water partition coefficient (Wildman–Crippen LogP) is 3.98. The molecule has 20 heavy (non-hydrogen) atoms. The summed E-state index contributed by atoms with van der Waals surface area (Å²) in [5.41, 5.74) is 3.74. The van der Waals surface area contributed by atoms with E-state index in [2.05, 4.69) is 52.4 Å². The number of hydrogen-bond acceptors (Lipinski definition) is 1. The van der Waals surface area contributed by atoms with Crippen LogP contribution >= 0.6 is 15.9 Å². The Balaban J connectivity index is 1.91. The minimum atomic E-state index is -0.180. The lowest BCUT2D eigenvalue weighted by Gasteiger charge is -2.43. The van der Waals surface area contributed by atoms with Crippen LogP contribution in [0.15, 0.2) is 46.9 Å². The quantitative estimate of drug-likeness (QED) is 0.895. The molecule has 1 N–H and O–H groups in total. The fraction of sp³-hybridized carbons (Fsp3) is 0.294. The zero-order chi connectivity index (χ0) is 14.2. The van der Waals surface area contributed by atoms with Crippen molar-refractivity contribution in [3.63, 3.8) is 0 Å². The molecule has 1 aliphatic rings. The summed E-state index contributed by atoms with van der Waals surface area (Å²) in [5.74, 6) is -0.180. The largest absolute Gasteiger partial charge is 0.315 e. The molecule has 0 radical (unpaired) electrons. The van der Waals surface area contributed by atoms with Gasteiger partial charge in [-0.3, -0.25) is 0 Å². The molecule has 0 spiro atoms. The van der Waals surface area contributed by atoms with Crippen molar-refractivity contribution >= 4 is 15.9 Å². The van der Waals surface area contributed by atoms with Gasteiger partial charge < -0.3 is 5.32 Å². The van der Waals surface area contributed by atoms with Crippen LogP contribution in [0.3, 0.4) is 0 Å². The molecule has 1 heterocycles. The number of aryl methyl sites for hydroxylation is 1. The third-order valence-corrected chi connectivity index (χ3v) is 4.51. The molecule has 0 amide bonds. The van der Waals surface area contributed by atoms with Crippen LogP contribution < -0.4 is 5.32 Å². The van der Waals surface area contributed by atoms with Crippen LogP contribution in [0.2, 0.25) is 0 Å². The van der Waals surface area contributed by atoms with Gasteiger partial charge in [-0.1, -0.05) is 45.8 Å². The van der Waals surface area contributed by atoms with Gasteiger partial charge in [0.1, 0.15) is 5.82 Å². The molecule has 0 atom stereocenters. The summed E-state index contributed by atoms with van der Waals surface area (Å²) in [5, 5.41) is 3.36. The molecule has 1 aliphatic heterocycles. The van der Waals surface area contributed by atoms with Crippen molar-refractivity contribution in [2.24, 2.45) is 0 Å². The first-order valence-corrected chi connectivity index (χ1v) is 7.60. The lowest BCUT2D eigenvalue weighted by molar-refractivity contribution is 0.274. The molecule has 0 aliphatic carbocycles. The molecule has 1 fully saturated rings. The Morgan fingerprint density at radius 2 is 1.85 bits per heavy atom. The van der Waals surface area contributed by atoms with Crippen molar-refractivity contribution in [2.75, 3.05) is 13.1 Å². The van der Waals surface area contributed by atoms with Crippen molar-refractivity contribution in [3.05, 3.63) is 69.4 Å². The van der Waals surface area contributed by atoms with Crippen molar-refractivity contribution in [1.82, 2.24) is 5.32 Å². The predicted molar refractivity (Wildman–Crippen MR) is 83.5 cm³/mol. The van der Waals surface area contributed by atoms with Crippen LogP contribution in [0, 0.1) is 12.7 Å². The van der Waals surface area contributed by atoms with Gasteiger partial charge in [-0.25, -0.2) is 4.39 Å². The summed E-state index contributed by atoms with van der Waals surface area (Å²) in [6.45, 7) is 3.99. The fourth-order valence-corrected chi connectivity index (χ4v) is 3.38. The Hall–Kier alpha value is -1.19. The van der Waals surface area contributed by atoms with Gasteiger partial charge in [0.25, 0.3) is 0 Å². The van der Waals surface area contributed by atoms with E-state index in [1.165, 1.54) is 17.2 Å². The number of hydrogen-bond donors (Lipinski definition) is 1. The standard InChI is InChI=1S/C17H17BrFN/c1-12-2-4-14(5-3-12)17(10-20-11-17)9-13-6-15(18)8-16(19)7-13/h2-8,20H,9-11H2,1H3. The Labute approximate surface area is 127 Å². The van der Waals surface area contributed by atoms with Crippen molar-refractivity contribution in [3.8, 4) is 0 Å². The van der Waals surface area contributed by atoms with Gasteiger partial charge in [-0.2, -0.15) is 0 Å². The zero-order valence-corrected chi connectivity index (χ0v) is 13.0. The van der Waals surface area contributed by atoms with Gasteiger partial charge in [-0.15, -0.1) is 0 Å². The molecule has 104 valence electrons. The topological polar surface area (TPSA) is 12.0 Å². The second-order valence-corrected chi connectivity index (χ2v) is 6.62. The first-order chi connectivity index (χ1) is 9.57. The number of halogens is 2. The lowest BCUT2D eigenvalue weighted by atomic mass is 9.71. The SMILES string of the molecule is Cc1ccc(C2(Cc3cc(F)cc(Br)c3)CNC2)cc1. The van der Waals surface area contributed by atoms with Crippen LogP contribution in [0.25, 0.3) is 0 Å². The Kier molecular flexibility index (Phi) is 3.65. The molecule has 1 saturated heterocycles. The molecule has 2 aromatic rings. The average Bonchev–Trinajstić information content (AvgIpc) is 2.34. The summed E-state index contributed by atoms with van der Waals surface area (Å²) in [7, 11) is 0. The Bertz CT molecular complexity index is 597. The molecular formula is C17H17BrFN. The maximum absolute atomic E-state index is 13.5. The lowest BCUT2D eigenvalue weighted by Crippen LogP contribution is -2.58. The van der Waals surface area contributed by atoms with E-state index in [9.17, 15) is 4.39 Å². The van der Waals surface area contributed by atoms with E-state index >= 15 is 0 Å². The highest BCUT2D eigenvalue weighted by Crippen LogP contribution is 2.33. The highest BCUT2D eigenvalue weighted by Gasteiger charge is 2.38. The van der Waals surface area contributed by atoms with Crippen LogP contribution in [-0.4, -0.2) is 13.1 Å². The van der Waals surface area contributed by atoms with E-state index in [0.29, 0.717) is 0 Å². The van der Waals surface area contributed by atoms with E-state index in [1.807, 2.05) is 6.07 Å². The van der Waals surface area contributed by atoms with E-state index in [4.69, 9.17) is 0 Å². The summed E-state index contributed by atoms with van der Waals surface area (Å²) in [6.07, 6.45) is 0.861. The molecule has 0 saturated carbocycles. The van der Waals surface area contributed by atoms with Crippen LogP contribution in [-0.2, 0) is 11.8 Å². The first kappa shape index (κ1) is 13.8. The summed E-state index contributed by atoms with van der Waals surface area (Å²) in [6, 6.07) is 13.8. The van der Waals surface area contributed by atoms with Crippen molar-refractivity contribution in [1.29, 1.82) is 0 Å². The molecule has 1 nitrogen and oxygen atoms in total. The second-order valence-electron chi connectivity index (χ2n) is 5.70. The third kappa shape index (κ3) is 2.65. The smallest absolute Gasteiger partial charge is 0.124 e. The average molecular weight is 334 g/mol. The molecule has 0 unspecified atom stereocenters. The minimum absolute atomic E-state index is 0.0981. The van der Waals surface area contributed by atoms with Gasteiger partial charge in [0.2, 0.25) is 0 Å². The van der Waals surface area contributed by atoms with E-state index in [-0.39, 0.29) is 11.2 Å². The molecule has 2 aromatic carbocycles. The maximum atomic E-state index is 13.5. The van der Waals surface area contributed by atoms with Gasteiger partial charge in [0, 0.05) is 23.0 Å². The van der Waals surface area contributed by atoms with Gasteiger partial charge in [0.05, 0.1) is 0 Å².